The van der Waals surface area contributed by atoms with Crippen molar-refractivity contribution in [3.05, 3.63) is 65.9 Å². The number of carbonyl (C=O) groups is 1. The molecule has 1 aromatic heterocycles. The number of carboxylic acids is 1. The molecule has 3 rings (SSSR count). The van der Waals surface area contributed by atoms with Crippen LogP contribution in [0.5, 0.6) is 0 Å². The largest absolute Gasteiger partial charge is 0.478 e. The van der Waals surface area contributed by atoms with Crippen molar-refractivity contribution in [1.82, 2.24) is 15.0 Å². The Balaban J connectivity index is 2.21. The van der Waals surface area contributed by atoms with E-state index in [9.17, 15) is 10.1 Å². The van der Waals surface area contributed by atoms with Crippen molar-refractivity contribution in [2.75, 3.05) is 0 Å². The molecular formula is C16H10N4O2. The highest BCUT2D eigenvalue weighted by atomic mass is 16.4. The quantitative estimate of drug-likeness (QED) is 0.800. The van der Waals surface area contributed by atoms with E-state index in [0.717, 1.165) is 5.56 Å². The van der Waals surface area contributed by atoms with Crippen molar-refractivity contribution in [2.45, 2.75) is 0 Å². The number of carboxylic acid groups (broad SMARTS) is 1. The lowest BCUT2D eigenvalue weighted by Gasteiger charge is -2.07. The molecule has 0 aliphatic carbocycles. The average molecular weight is 290 g/mol. The van der Waals surface area contributed by atoms with Crippen LogP contribution in [-0.2, 0) is 0 Å². The van der Waals surface area contributed by atoms with Gasteiger partial charge >= 0.3 is 5.97 Å². The molecule has 0 spiro atoms. The first-order valence-electron chi connectivity index (χ1n) is 6.45. The Kier molecular flexibility index (Phi) is 3.38. The van der Waals surface area contributed by atoms with Gasteiger partial charge in [0, 0.05) is 5.56 Å². The van der Waals surface area contributed by atoms with Gasteiger partial charge in [-0.15, -0.1) is 5.10 Å². The Labute approximate surface area is 125 Å². The van der Waals surface area contributed by atoms with Gasteiger partial charge in [-0.1, -0.05) is 41.6 Å². The molecule has 3 aromatic rings. The molecule has 22 heavy (non-hydrogen) atoms. The van der Waals surface area contributed by atoms with E-state index in [-0.39, 0.29) is 11.3 Å². The number of hydrogen-bond donors (Lipinski definition) is 1. The van der Waals surface area contributed by atoms with Crippen LogP contribution in [0.15, 0.2) is 54.6 Å². The lowest BCUT2D eigenvalue weighted by atomic mass is 10.1. The van der Waals surface area contributed by atoms with Crippen LogP contribution in [0.25, 0.3) is 16.9 Å². The fraction of sp³-hybridized carbons (Fsp3) is 0. The van der Waals surface area contributed by atoms with Gasteiger partial charge in [-0.25, -0.2) is 9.48 Å². The van der Waals surface area contributed by atoms with E-state index in [1.807, 2.05) is 36.4 Å². The topological polar surface area (TPSA) is 91.8 Å². The summed E-state index contributed by atoms with van der Waals surface area (Å²) in [5, 5.41) is 26.2. The standard InChI is InChI=1S/C16H10N4O2/c17-10-14-15(11-5-2-1-3-6-11)20(19-18-14)13-8-4-7-12(9-13)16(21)22/h1-9H,(H,21,22). The molecule has 0 aliphatic heterocycles. The smallest absolute Gasteiger partial charge is 0.335 e. The molecule has 0 saturated heterocycles. The summed E-state index contributed by atoms with van der Waals surface area (Å²) in [5.74, 6) is -1.02. The molecule has 1 N–H and O–H groups in total. The van der Waals surface area contributed by atoms with E-state index in [2.05, 4.69) is 10.3 Å². The van der Waals surface area contributed by atoms with Gasteiger partial charge in [0.25, 0.3) is 0 Å². The SMILES string of the molecule is N#Cc1nnn(-c2cccc(C(=O)O)c2)c1-c1ccccc1. The summed E-state index contributed by atoms with van der Waals surface area (Å²) in [6, 6.07) is 17.6. The summed E-state index contributed by atoms with van der Waals surface area (Å²) in [7, 11) is 0. The van der Waals surface area contributed by atoms with Crippen LogP contribution in [0, 0.1) is 11.3 Å². The molecule has 2 aromatic carbocycles. The van der Waals surface area contributed by atoms with Crippen LogP contribution in [0.3, 0.4) is 0 Å². The van der Waals surface area contributed by atoms with Crippen molar-refractivity contribution >= 4 is 5.97 Å². The Hall–Kier alpha value is -3.46. The molecule has 0 unspecified atom stereocenters. The van der Waals surface area contributed by atoms with Crippen molar-refractivity contribution in [2.24, 2.45) is 0 Å². The summed E-state index contributed by atoms with van der Waals surface area (Å²) in [6.07, 6.45) is 0. The summed E-state index contributed by atoms with van der Waals surface area (Å²) in [4.78, 5) is 11.1. The number of hydrogen-bond acceptors (Lipinski definition) is 4. The highest BCUT2D eigenvalue weighted by Crippen LogP contribution is 2.25. The number of aromatic carboxylic acids is 1. The minimum Gasteiger partial charge on any atom is -0.478 e. The number of nitrogens with zero attached hydrogens (tertiary/aromatic N) is 4. The van der Waals surface area contributed by atoms with E-state index < -0.39 is 5.97 Å². The second-order valence-corrected chi connectivity index (χ2v) is 4.53. The number of rotatable bonds is 3. The maximum Gasteiger partial charge on any atom is 0.335 e. The third-order valence-electron chi connectivity index (χ3n) is 3.16. The predicted octanol–water partition coefficient (Wildman–Crippen LogP) is 2.50. The van der Waals surface area contributed by atoms with Gasteiger partial charge in [0.2, 0.25) is 0 Å². The first-order valence-corrected chi connectivity index (χ1v) is 6.45. The zero-order chi connectivity index (χ0) is 15.5. The molecule has 0 bridgehead atoms. The minimum absolute atomic E-state index is 0.144. The monoisotopic (exact) mass is 290 g/mol. The van der Waals surface area contributed by atoms with Gasteiger partial charge in [0.1, 0.15) is 11.8 Å². The third-order valence-corrected chi connectivity index (χ3v) is 3.16. The van der Waals surface area contributed by atoms with Gasteiger partial charge in [0.15, 0.2) is 5.69 Å². The van der Waals surface area contributed by atoms with Crippen molar-refractivity contribution in [3.63, 3.8) is 0 Å². The maximum atomic E-state index is 11.1. The highest BCUT2D eigenvalue weighted by Gasteiger charge is 2.16. The van der Waals surface area contributed by atoms with Gasteiger partial charge in [0.05, 0.1) is 11.3 Å². The maximum absolute atomic E-state index is 11.1. The Morgan fingerprint density at radius 2 is 1.91 bits per heavy atom. The zero-order valence-electron chi connectivity index (χ0n) is 11.3. The fourth-order valence-electron chi connectivity index (χ4n) is 2.16. The second kappa shape index (κ2) is 5.50. The van der Waals surface area contributed by atoms with Crippen LogP contribution in [-0.4, -0.2) is 26.1 Å². The lowest BCUT2D eigenvalue weighted by molar-refractivity contribution is 0.0697. The molecule has 1 heterocycles. The molecule has 0 radical (unpaired) electrons. The van der Waals surface area contributed by atoms with Crippen molar-refractivity contribution < 1.29 is 9.90 Å². The molecule has 6 heteroatoms. The normalized spacial score (nSPS) is 10.1. The first kappa shape index (κ1) is 13.5. The highest BCUT2D eigenvalue weighted by molar-refractivity contribution is 5.88. The van der Waals surface area contributed by atoms with Crippen LogP contribution in [0.1, 0.15) is 16.1 Å². The molecule has 0 aliphatic rings. The molecule has 0 saturated carbocycles. The molecule has 0 amide bonds. The summed E-state index contributed by atoms with van der Waals surface area (Å²) in [6.45, 7) is 0. The minimum atomic E-state index is -1.02. The van der Waals surface area contributed by atoms with Crippen molar-refractivity contribution in [3.8, 4) is 23.0 Å². The molecular weight excluding hydrogens is 280 g/mol. The van der Waals surface area contributed by atoms with E-state index in [1.54, 1.807) is 12.1 Å². The molecule has 106 valence electrons. The lowest BCUT2D eigenvalue weighted by Crippen LogP contribution is -2.03. The number of aromatic nitrogens is 3. The van der Waals surface area contributed by atoms with Gasteiger partial charge < -0.3 is 5.11 Å². The molecule has 6 nitrogen and oxygen atoms in total. The van der Waals surface area contributed by atoms with Gasteiger partial charge in [-0.3, -0.25) is 0 Å². The van der Waals surface area contributed by atoms with Gasteiger partial charge in [-0.2, -0.15) is 5.26 Å². The third kappa shape index (κ3) is 2.31. The Morgan fingerprint density at radius 3 is 2.59 bits per heavy atom. The van der Waals surface area contributed by atoms with Crippen LogP contribution >= 0.6 is 0 Å². The van der Waals surface area contributed by atoms with Crippen molar-refractivity contribution in [1.29, 1.82) is 5.26 Å². The Bertz CT molecular complexity index is 879. The van der Waals surface area contributed by atoms with E-state index >= 15 is 0 Å². The summed E-state index contributed by atoms with van der Waals surface area (Å²) < 4.78 is 1.47. The van der Waals surface area contributed by atoms with Crippen LogP contribution in [0.2, 0.25) is 0 Å². The second-order valence-electron chi connectivity index (χ2n) is 4.53. The summed E-state index contributed by atoms with van der Waals surface area (Å²) in [5.41, 5.74) is 2.18. The molecule has 0 fully saturated rings. The van der Waals surface area contributed by atoms with Crippen LogP contribution in [0.4, 0.5) is 0 Å². The van der Waals surface area contributed by atoms with E-state index in [1.165, 1.54) is 16.8 Å². The Morgan fingerprint density at radius 1 is 1.14 bits per heavy atom. The van der Waals surface area contributed by atoms with Gasteiger partial charge in [-0.05, 0) is 18.2 Å². The fourth-order valence-corrected chi connectivity index (χ4v) is 2.16. The predicted molar refractivity (Wildman–Crippen MR) is 78.5 cm³/mol. The number of nitriles is 1. The van der Waals surface area contributed by atoms with E-state index in [0.29, 0.717) is 11.4 Å². The summed E-state index contributed by atoms with van der Waals surface area (Å²) >= 11 is 0. The van der Waals surface area contributed by atoms with E-state index in [4.69, 9.17) is 5.11 Å². The zero-order valence-corrected chi connectivity index (χ0v) is 11.3. The molecule has 0 atom stereocenters. The van der Waals surface area contributed by atoms with Crippen LogP contribution < -0.4 is 0 Å². The first-order chi connectivity index (χ1) is 10.7. The average Bonchev–Trinajstić information content (AvgIpc) is 2.99. The number of benzene rings is 2.